The van der Waals surface area contributed by atoms with E-state index in [1.807, 2.05) is 12.2 Å². The largest absolute Gasteiger partial charge is 0.398 e. The number of hydrogen-bond donors (Lipinski definition) is 2. The Morgan fingerprint density at radius 1 is 1.25 bits per heavy atom. The number of hydrogen-bond acceptors (Lipinski definition) is 2. The van der Waals surface area contributed by atoms with Gasteiger partial charge in [-0.15, -0.1) is 0 Å². The fraction of sp³-hybridized carbons (Fsp3) is 0.400. The lowest BCUT2D eigenvalue weighted by molar-refractivity contribution is 0.626. The molecule has 0 radical (unpaired) electrons. The van der Waals surface area contributed by atoms with Gasteiger partial charge in [-0.05, 0) is 11.6 Å². The van der Waals surface area contributed by atoms with Crippen molar-refractivity contribution in [2.24, 2.45) is 16.9 Å². The van der Waals surface area contributed by atoms with Gasteiger partial charge in [-0.3, -0.25) is 0 Å². The zero-order chi connectivity index (χ0) is 9.19. The van der Waals surface area contributed by atoms with Crippen LogP contribution in [0.5, 0.6) is 0 Å². The molecule has 0 aromatic carbocycles. The molecule has 0 saturated heterocycles. The van der Waals surface area contributed by atoms with Gasteiger partial charge in [-0.1, -0.05) is 32.1 Å². The van der Waals surface area contributed by atoms with E-state index in [0.29, 0.717) is 6.54 Å². The third kappa shape index (κ3) is 1.98. The summed E-state index contributed by atoms with van der Waals surface area (Å²) in [5, 5.41) is 0. The average Bonchev–Trinajstić information content (AvgIpc) is 2.13. The lowest BCUT2D eigenvalue weighted by Gasteiger charge is -2.12. The second kappa shape index (κ2) is 3.15. The van der Waals surface area contributed by atoms with Crippen LogP contribution in [-0.4, -0.2) is 6.54 Å². The maximum Gasteiger partial charge on any atom is 0.0356 e. The zero-order valence-corrected chi connectivity index (χ0v) is 7.67. The van der Waals surface area contributed by atoms with Crippen LogP contribution in [0.4, 0.5) is 0 Å². The summed E-state index contributed by atoms with van der Waals surface area (Å²) in [4.78, 5) is 0. The van der Waals surface area contributed by atoms with Gasteiger partial charge in [0.1, 0.15) is 0 Å². The highest BCUT2D eigenvalue weighted by molar-refractivity contribution is 5.37. The molecule has 0 atom stereocenters. The van der Waals surface area contributed by atoms with Crippen LogP contribution in [0.2, 0.25) is 0 Å². The van der Waals surface area contributed by atoms with Crippen LogP contribution in [-0.2, 0) is 0 Å². The molecule has 2 nitrogen and oxygen atoms in total. The van der Waals surface area contributed by atoms with E-state index in [0.717, 1.165) is 11.3 Å². The van der Waals surface area contributed by atoms with Crippen LogP contribution in [0, 0.1) is 5.41 Å². The van der Waals surface area contributed by atoms with Crippen LogP contribution in [0.3, 0.4) is 0 Å². The van der Waals surface area contributed by atoms with Crippen molar-refractivity contribution in [3.05, 3.63) is 35.6 Å². The number of allylic oxidation sites excluding steroid dienone is 3. The zero-order valence-electron chi connectivity index (χ0n) is 7.67. The van der Waals surface area contributed by atoms with Gasteiger partial charge in [0.05, 0.1) is 0 Å². The molecule has 0 bridgehead atoms. The number of rotatable bonds is 1. The van der Waals surface area contributed by atoms with Gasteiger partial charge >= 0.3 is 0 Å². The third-order valence-corrected chi connectivity index (χ3v) is 2.00. The minimum absolute atomic E-state index is 0.0849. The van der Waals surface area contributed by atoms with Gasteiger partial charge in [-0.25, -0.2) is 0 Å². The Morgan fingerprint density at radius 3 is 2.42 bits per heavy atom. The maximum absolute atomic E-state index is 5.77. The third-order valence-electron chi connectivity index (χ3n) is 2.00. The van der Waals surface area contributed by atoms with Crippen LogP contribution in [0.25, 0.3) is 0 Å². The van der Waals surface area contributed by atoms with Crippen LogP contribution >= 0.6 is 0 Å². The molecule has 4 N–H and O–H groups in total. The van der Waals surface area contributed by atoms with Crippen molar-refractivity contribution in [3.63, 3.8) is 0 Å². The van der Waals surface area contributed by atoms with E-state index < -0.39 is 0 Å². The highest BCUT2D eigenvalue weighted by Gasteiger charge is 2.11. The fourth-order valence-electron chi connectivity index (χ4n) is 1.06. The smallest absolute Gasteiger partial charge is 0.0356 e. The first kappa shape index (κ1) is 9.07. The van der Waals surface area contributed by atoms with Gasteiger partial charge in [-0.2, -0.15) is 0 Å². The van der Waals surface area contributed by atoms with Gasteiger partial charge < -0.3 is 11.5 Å². The average molecular weight is 164 g/mol. The Labute approximate surface area is 73.6 Å². The minimum atomic E-state index is 0.0849. The van der Waals surface area contributed by atoms with E-state index in [1.54, 1.807) is 0 Å². The molecule has 0 spiro atoms. The molecule has 0 fully saturated rings. The van der Waals surface area contributed by atoms with E-state index >= 15 is 0 Å². The van der Waals surface area contributed by atoms with Crippen molar-refractivity contribution in [2.75, 3.05) is 6.54 Å². The van der Waals surface area contributed by atoms with Crippen LogP contribution in [0.1, 0.15) is 13.8 Å². The summed E-state index contributed by atoms with van der Waals surface area (Å²) in [7, 11) is 0. The molecular formula is C10H16N2. The predicted molar refractivity (Wildman–Crippen MR) is 52.3 cm³/mol. The second-order valence-corrected chi connectivity index (χ2v) is 3.67. The Morgan fingerprint density at radius 2 is 1.83 bits per heavy atom. The Kier molecular flexibility index (Phi) is 2.38. The molecule has 1 aliphatic carbocycles. The SMILES string of the molecule is CC1(C)C=CC(N)=C(CN)C=C1. The summed E-state index contributed by atoms with van der Waals surface area (Å²) in [6, 6.07) is 0. The Balaban J connectivity index is 2.99. The standard InChI is InChI=1S/C10H16N2/c1-10(2)5-3-8(7-11)9(12)4-6-10/h3-6H,7,11-12H2,1-2H3. The van der Waals surface area contributed by atoms with Crippen molar-refractivity contribution in [2.45, 2.75) is 13.8 Å². The van der Waals surface area contributed by atoms with Crippen molar-refractivity contribution >= 4 is 0 Å². The van der Waals surface area contributed by atoms with Gasteiger partial charge in [0, 0.05) is 17.7 Å². The first-order chi connectivity index (χ1) is 5.55. The molecule has 0 aromatic rings. The predicted octanol–water partition coefficient (Wildman–Crippen LogP) is 1.31. The molecule has 0 saturated carbocycles. The first-order valence-electron chi connectivity index (χ1n) is 4.12. The van der Waals surface area contributed by atoms with Crippen molar-refractivity contribution in [1.29, 1.82) is 0 Å². The fourth-order valence-corrected chi connectivity index (χ4v) is 1.06. The summed E-state index contributed by atoms with van der Waals surface area (Å²) >= 11 is 0. The molecule has 66 valence electrons. The Bertz CT molecular complexity index is 257. The normalized spacial score (nSPS) is 21.2. The first-order valence-corrected chi connectivity index (χ1v) is 4.12. The van der Waals surface area contributed by atoms with E-state index in [-0.39, 0.29) is 5.41 Å². The van der Waals surface area contributed by atoms with Gasteiger partial charge in [0.2, 0.25) is 0 Å². The van der Waals surface area contributed by atoms with Gasteiger partial charge in [0.25, 0.3) is 0 Å². The van der Waals surface area contributed by atoms with E-state index in [2.05, 4.69) is 26.0 Å². The maximum atomic E-state index is 5.77. The Hall–Kier alpha value is -1.02. The van der Waals surface area contributed by atoms with Crippen molar-refractivity contribution in [3.8, 4) is 0 Å². The molecule has 0 aliphatic heterocycles. The van der Waals surface area contributed by atoms with Crippen molar-refractivity contribution in [1.82, 2.24) is 0 Å². The van der Waals surface area contributed by atoms with E-state index in [1.165, 1.54) is 0 Å². The van der Waals surface area contributed by atoms with Gasteiger partial charge in [0.15, 0.2) is 0 Å². The molecular weight excluding hydrogens is 148 g/mol. The minimum Gasteiger partial charge on any atom is -0.398 e. The molecule has 0 aromatic heterocycles. The number of nitrogens with two attached hydrogens (primary N) is 2. The molecule has 12 heavy (non-hydrogen) atoms. The topological polar surface area (TPSA) is 52.0 Å². The van der Waals surface area contributed by atoms with Crippen LogP contribution < -0.4 is 11.5 Å². The summed E-state index contributed by atoms with van der Waals surface area (Å²) in [6.07, 6.45) is 8.14. The molecule has 1 aliphatic rings. The molecule has 2 heteroatoms. The molecule has 0 heterocycles. The summed E-state index contributed by atoms with van der Waals surface area (Å²) in [6.45, 7) is 4.77. The summed E-state index contributed by atoms with van der Waals surface area (Å²) in [5.41, 5.74) is 13.2. The monoisotopic (exact) mass is 164 g/mol. The highest BCUT2D eigenvalue weighted by Crippen LogP contribution is 2.23. The quantitative estimate of drug-likeness (QED) is 0.614. The molecule has 0 amide bonds. The molecule has 1 rings (SSSR count). The van der Waals surface area contributed by atoms with E-state index in [9.17, 15) is 0 Å². The molecule has 0 unspecified atom stereocenters. The van der Waals surface area contributed by atoms with Crippen LogP contribution in [0.15, 0.2) is 35.6 Å². The highest BCUT2D eigenvalue weighted by atomic mass is 14.6. The van der Waals surface area contributed by atoms with E-state index in [4.69, 9.17) is 11.5 Å². The summed E-state index contributed by atoms with van der Waals surface area (Å²) < 4.78 is 0. The second-order valence-electron chi connectivity index (χ2n) is 3.67. The van der Waals surface area contributed by atoms with Crippen molar-refractivity contribution < 1.29 is 0 Å². The lowest BCUT2D eigenvalue weighted by Crippen LogP contribution is -2.07. The summed E-state index contributed by atoms with van der Waals surface area (Å²) in [5.74, 6) is 0. The lowest BCUT2D eigenvalue weighted by atomic mass is 9.93.